The van der Waals surface area contributed by atoms with Crippen molar-refractivity contribution in [2.45, 2.75) is 58.9 Å². The summed E-state index contributed by atoms with van der Waals surface area (Å²) in [6.07, 6.45) is 4.34. The van der Waals surface area contributed by atoms with Crippen LogP contribution in [0.5, 0.6) is 5.75 Å². The zero-order valence-corrected chi connectivity index (χ0v) is 21.1. The van der Waals surface area contributed by atoms with E-state index < -0.39 is 5.97 Å². The Labute approximate surface area is 211 Å². The highest BCUT2D eigenvalue weighted by atomic mass is 19.1. The van der Waals surface area contributed by atoms with Gasteiger partial charge in [0, 0.05) is 36.5 Å². The summed E-state index contributed by atoms with van der Waals surface area (Å²) in [7, 11) is 0. The van der Waals surface area contributed by atoms with Crippen molar-refractivity contribution >= 4 is 5.97 Å². The Morgan fingerprint density at radius 1 is 1.17 bits per heavy atom. The third-order valence-electron chi connectivity index (χ3n) is 7.55. The quantitative estimate of drug-likeness (QED) is 0.479. The van der Waals surface area contributed by atoms with Crippen LogP contribution in [0.4, 0.5) is 4.39 Å². The van der Waals surface area contributed by atoms with Crippen LogP contribution in [0.25, 0.3) is 11.1 Å². The first kappa shape index (κ1) is 24.4. The second kappa shape index (κ2) is 10.4. The van der Waals surface area contributed by atoms with Crippen LogP contribution in [-0.4, -0.2) is 40.7 Å². The minimum atomic E-state index is -0.906. The van der Waals surface area contributed by atoms with Crippen molar-refractivity contribution in [3.63, 3.8) is 0 Å². The first-order valence-corrected chi connectivity index (χ1v) is 12.9. The number of carboxylic acid groups (broad SMARTS) is 1. The molecule has 0 aliphatic carbocycles. The van der Waals surface area contributed by atoms with Gasteiger partial charge in [0.15, 0.2) is 11.6 Å². The topological polar surface area (TPSA) is 62.7 Å². The molecule has 0 radical (unpaired) electrons. The molecule has 1 aromatic heterocycles. The fourth-order valence-electron chi connectivity index (χ4n) is 5.74. The molecule has 0 fully saturated rings. The number of carbonyl (C=O) groups is 1. The third-order valence-corrected chi connectivity index (χ3v) is 7.55. The van der Waals surface area contributed by atoms with Crippen molar-refractivity contribution in [1.82, 2.24) is 9.88 Å². The highest BCUT2D eigenvalue weighted by Gasteiger charge is 2.29. The summed E-state index contributed by atoms with van der Waals surface area (Å²) in [6.45, 7) is 6.96. The molecule has 6 heteroatoms. The molecule has 0 saturated carbocycles. The van der Waals surface area contributed by atoms with Crippen LogP contribution in [0.1, 0.15) is 52.0 Å². The number of nitrogens with zero attached hydrogens (tertiary/aromatic N) is 2. The van der Waals surface area contributed by atoms with E-state index >= 15 is 4.39 Å². The number of aliphatic carboxylic acids is 1. The lowest BCUT2D eigenvalue weighted by atomic mass is 9.84. The Morgan fingerprint density at radius 3 is 2.75 bits per heavy atom. The highest BCUT2D eigenvalue weighted by Crippen LogP contribution is 2.42. The molecular weight excluding hydrogens is 455 g/mol. The molecule has 2 aromatic carbocycles. The molecule has 0 spiro atoms. The Bertz CT molecular complexity index is 1290. The second-order valence-electron chi connectivity index (χ2n) is 9.95. The number of ether oxygens (including phenoxy) is 1. The van der Waals surface area contributed by atoms with Gasteiger partial charge in [-0.15, -0.1) is 0 Å². The second-order valence-corrected chi connectivity index (χ2v) is 9.95. The summed E-state index contributed by atoms with van der Waals surface area (Å²) in [5, 5.41) is 9.73. The number of fused-ring (bicyclic) bond motifs is 2. The maximum absolute atomic E-state index is 15.3. The van der Waals surface area contributed by atoms with E-state index in [2.05, 4.69) is 29.2 Å². The van der Waals surface area contributed by atoms with Crippen molar-refractivity contribution < 1.29 is 19.0 Å². The van der Waals surface area contributed by atoms with Gasteiger partial charge in [-0.05, 0) is 85.5 Å². The Hall–Kier alpha value is -3.25. The van der Waals surface area contributed by atoms with Crippen molar-refractivity contribution in [3.8, 4) is 16.9 Å². The van der Waals surface area contributed by atoms with E-state index in [9.17, 15) is 9.90 Å². The predicted octanol–water partition coefficient (Wildman–Crippen LogP) is 5.45. The summed E-state index contributed by atoms with van der Waals surface area (Å²) < 4.78 is 20.9. The number of aromatic nitrogens is 1. The van der Waals surface area contributed by atoms with E-state index in [0.29, 0.717) is 24.5 Å². The van der Waals surface area contributed by atoms with E-state index in [1.165, 1.54) is 5.56 Å². The summed E-state index contributed by atoms with van der Waals surface area (Å²) >= 11 is 0. The fraction of sp³-hybridized carbons (Fsp3) is 0.400. The Kier molecular flexibility index (Phi) is 7.06. The minimum Gasteiger partial charge on any atom is -0.490 e. The van der Waals surface area contributed by atoms with Crippen LogP contribution in [0.3, 0.4) is 0 Å². The summed E-state index contributed by atoms with van der Waals surface area (Å²) in [5.74, 6) is -0.925. The summed E-state index contributed by atoms with van der Waals surface area (Å²) in [6, 6.07) is 12.0. The van der Waals surface area contributed by atoms with Gasteiger partial charge < -0.3 is 9.84 Å². The zero-order valence-electron chi connectivity index (χ0n) is 21.1. The molecule has 0 amide bonds. The average Bonchev–Trinajstić information content (AvgIpc) is 2.87. The maximum atomic E-state index is 15.3. The van der Waals surface area contributed by atoms with Crippen LogP contribution in [-0.2, 0) is 37.0 Å². The largest absolute Gasteiger partial charge is 0.490 e. The van der Waals surface area contributed by atoms with E-state index in [1.807, 2.05) is 19.9 Å². The van der Waals surface area contributed by atoms with Crippen molar-refractivity contribution in [1.29, 1.82) is 0 Å². The molecule has 3 aromatic rings. The molecule has 2 aliphatic rings. The monoisotopic (exact) mass is 488 g/mol. The number of hydrogen-bond donors (Lipinski definition) is 1. The van der Waals surface area contributed by atoms with Crippen LogP contribution in [0, 0.1) is 19.7 Å². The molecule has 0 saturated heterocycles. The molecular formula is C30H33FN2O3. The van der Waals surface area contributed by atoms with Gasteiger partial charge in [0.1, 0.15) is 0 Å². The van der Waals surface area contributed by atoms with Gasteiger partial charge in [0.25, 0.3) is 0 Å². The predicted molar refractivity (Wildman–Crippen MR) is 138 cm³/mol. The summed E-state index contributed by atoms with van der Waals surface area (Å²) in [4.78, 5) is 19.1. The molecule has 1 N–H and O–H groups in total. The van der Waals surface area contributed by atoms with Crippen molar-refractivity contribution in [2.75, 3.05) is 19.7 Å². The standard InChI is InChI=1S/C30H33FN2O3/c1-19-22-11-7-15-36-30(22)26(31)16-23(19)29-24(17-28(34)35)20(2)32-27-12-14-33(18-25(27)29)13-6-10-21-8-4-3-5-9-21/h3-5,8-9,16H,6-7,10-15,17-18H2,1-2H3,(H,34,35). The van der Waals surface area contributed by atoms with Crippen LogP contribution in [0.15, 0.2) is 36.4 Å². The third kappa shape index (κ3) is 4.87. The minimum absolute atomic E-state index is 0.135. The lowest BCUT2D eigenvalue weighted by molar-refractivity contribution is -0.136. The first-order valence-electron chi connectivity index (χ1n) is 12.9. The Morgan fingerprint density at radius 2 is 1.97 bits per heavy atom. The first-order chi connectivity index (χ1) is 17.4. The van der Waals surface area contributed by atoms with Crippen LogP contribution in [0.2, 0.25) is 0 Å². The van der Waals surface area contributed by atoms with Gasteiger partial charge in [-0.3, -0.25) is 14.7 Å². The van der Waals surface area contributed by atoms with Gasteiger partial charge in [-0.25, -0.2) is 4.39 Å². The summed E-state index contributed by atoms with van der Waals surface area (Å²) in [5.41, 5.74) is 8.30. The van der Waals surface area contributed by atoms with Crippen LogP contribution < -0.4 is 4.74 Å². The molecule has 0 atom stereocenters. The molecule has 5 rings (SSSR count). The molecule has 0 bridgehead atoms. The van der Waals surface area contributed by atoms with E-state index in [-0.39, 0.29) is 12.2 Å². The van der Waals surface area contributed by atoms with E-state index in [0.717, 1.165) is 84.4 Å². The number of rotatable bonds is 7. The van der Waals surface area contributed by atoms with Gasteiger partial charge >= 0.3 is 5.97 Å². The normalized spacial score (nSPS) is 15.2. The lowest BCUT2D eigenvalue weighted by Crippen LogP contribution is -2.33. The molecule has 188 valence electrons. The SMILES string of the molecule is Cc1nc2c(c(-c3cc(F)c4c(c3C)CCCO4)c1CC(=O)O)CN(CCCc1ccccc1)CC2. The molecule has 2 aliphatic heterocycles. The van der Waals surface area contributed by atoms with Gasteiger partial charge in [-0.2, -0.15) is 0 Å². The fourth-order valence-corrected chi connectivity index (χ4v) is 5.74. The highest BCUT2D eigenvalue weighted by molar-refractivity contribution is 5.82. The average molecular weight is 489 g/mol. The van der Waals surface area contributed by atoms with Crippen molar-refractivity contribution in [3.05, 3.63) is 81.4 Å². The number of benzene rings is 2. The molecule has 3 heterocycles. The number of halogens is 1. The van der Waals surface area contributed by atoms with Gasteiger partial charge in [-0.1, -0.05) is 30.3 Å². The number of hydrogen-bond acceptors (Lipinski definition) is 4. The van der Waals surface area contributed by atoms with Gasteiger partial charge in [0.2, 0.25) is 0 Å². The molecule has 36 heavy (non-hydrogen) atoms. The van der Waals surface area contributed by atoms with E-state index in [4.69, 9.17) is 9.72 Å². The molecule has 0 unspecified atom stereocenters. The van der Waals surface area contributed by atoms with Crippen molar-refractivity contribution in [2.24, 2.45) is 0 Å². The molecule has 5 nitrogen and oxygen atoms in total. The maximum Gasteiger partial charge on any atom is 0.307 e. The zero-order chi connectivity index (χ0) is 25.2. The lowest BCUT2D eigenvalue weighted by Gasteiger charge is -2.32. The van der Waals surface area contributed by atoms with Crippen LogP contribution >= 0.6 is 0 Å². The number of pyridine rings is 1. The Balaban J connectivity index is 1.53. The smallest absolute Gasteiger partial charge is 0.307 e. The van der Waals surface area contributed by atoms with Gasteiger partial charge in [0.05, 0.1) is 13.0 Å². The number of carboxylic acids is 1. The number of aryl methyl sites for hydroxylation is 2. The van der Waals surface area contributed by atoms with E-state index in [1.54, 1.807) is 6.07 Å².